The van der Waals surface area contributed by atoms with E-state index in [1.54, 1.807) is 31.3 Å². The molecule has 2 atom stereocenters. The van der Waals surface area contributed by atoms with E-state index in [-0.39, 0.29) is 24.1 Å². The van der Waals surface area contributed by atoms with Crippen LogP contribution in [0.5, 0.6) is 11.5 Å². The Bertz CT molecular complexity index is 1180. The summed E-state index contributed by atoms with van der Waals surface area (Å²) in [6, 6.07) is 8.54. The number of benzene rings is 1. The van der Waals surface area contributed by atoms with Crippen molar-refractivity contribution in [2.24, 2.45) is 0 Å². The number of thioether (sulfide) groups is 1. The van der Waals surface area contributed by atoms with Gasteiger partial charge in [-0.1, -0.05) is 23.9 Å². The first-order chi connectivity index (χ1) is 16.8. The molecular weight excluding hydrogens is 466 g/mol. The van der Waals surface area contributed by atoms with Gasteiger partial charge < -0.3 is 19.5 Å². The number of rotatable bonds is 7. The third kappa shape index (κ3) is 5.00. The van der Waals surface area contributed by atoms with Crippen molar-refractivity contribution in [3.05, 3.63) is 70.0 Å². The molecule has 0 aliphatic carbocycles. The molecule has 8 nitrogen and oxygen atoms in total. The van der Waals surface area contributed by atoms with Gasteiger partial charge in [0, 0.05) is 18.1 Å². The minimum Gasteiger partial charge on any atom is -0.493 e. The molecule has 184 valence electrons. The fourth-order valence-electron chi connectivity index (χ4n) is 4.13. The van der Waals surface area contributed by atoms with Gasteiger partial charge in [0.25, 0.3) is 5.91 Å². The molecule has 2 aromatic rings. The number of esters is 1. The number of nitrogens with zero attached hydrogens (tertiary/aromatic N) is 2. The fraction of sp³-hybridized carbons (Fsp3) is 0.346. The van der Waals surface area contributed by atoms with Crippen LogP contribution in [-0.2, 0) is 14.3 Å². The number of ether oxygens (including phenoxy) is 3. The predicted octanol–water partition coefficient (Wildman–Crippen LogP) is 4.26. The average molecular weight is 496 g/mol. The molecular formula is C26H29N3O5S. The number of carbonyl (C=O) groups excluding carboxylic acids is 2. The highest BCUT2D eigenvalue weighted by Gasteiger charge is 2.48. The third-order valence-electron chi connectivity index (χ3n) is 5.58. The topological polar surface area (TPSA) is 90.0 Å². The van der Waals surface area contributed by atoms with Crippen molar-refractivity contribution in [2.45, 2.75) is 45.3 Å². The fourth-order valence-corrected chi connectivity index (χ4v) is 5.35. The summed E-state index contributed by atoms with van der Waals surface area (Å²) in [5.74, 6) is 0.467. The van der Waals surface area contributed by atoms with Crippen LogP contribution < -0.4 is 14.8 Å². The molecule has 0 spiro atoms. The Morgan fingerprint density at radius 3 is 2.74 bits per heavy atom. The Labute approximate surface area is 209 Å². The number of amides is 1. The molecule has 1 N–H and O–H groups in total. The van der Waals surface area contributed by atoms with Crippen LogP contribution in [0.3, 0.4) is 0 Å². The van der Waals surface area contributed by atoms with Crippen LogP contribution in [0.2, 0.25) is 0 Å². The molecule has 1 saturated heterocycles. The van der Waals surface area contributed by atoms with Crippen molar-refractivity contribution in [1.82, 2.24) is 15.2 Å². The summed E-state index contributed by atoms with van der Waals surface area (Å²) in [4.78, 5) is 33.1. The molecule has 9 heteroatoms. The van der Waals surface area contributed by atoms with E-state index >= 15 is 0 Å². The molecule has 0 saturated carbocycles. The number of hydrogen-bond acceptors (Lipinski definition) is 8. The van der Waals surface area contributed by atoms with Gasteiger partial charge in [0.15, 0.2) is 17.0 Å². The minimum atomic E-state index is -0.665. The summed E-state index contributed by atoms with van der Waals surface area (Å²) in [5.41, 5.74) is 2.22. The van der Waals surface area contributed by atoms with Crippen LogP contribution >= 0.6 is 11.8 Å². The number of pyridine rings is 1. The Hall–Kier alpha value is -3.46. The smallest absolute Gasteiger partial charge is 0.338 e. The second-order valence-electron chi connectivity index (χ2n) is 8.36. The van der Waals surface area contributed by atoms with E-state index in [9.17, 15) is 9.59 Å². The summed E-state index contributed by atoms with van der Waals surface area (Å²) in [6.07, 6.45) is 5.17. The van der Waals surface area contributed by atoms with Crippen molar-refractivity contribution in [3.63, 3.8) is 0 Å². The first kappa shape index (κ1) is 24.7. The zero-order chi connectivity index (χ0) is 25.1. The van der Waals surface area contributed by atoms with E-state index in [0.717, 1.165) is 11.1 Å². The van der Waals surface area contributed by atoms with Crippen LogP contribution in [0.25, 0.3) is 6.08 Å². The second-order valence-corrected chi connectivity index (χ2v) is 9.48. The Morgan fingerprint density at radius 2 is 2.09 bits per heavy atom. The van der Waals surface area contributed by atoms with Crippen LogP contribution in [0.1, 0.15) is 44.9 Å². The average Bonchev–Trinajstić information content (AvgIpc) is 3.13. The van der Waals surface area contributed by atoms with Crippen molar-refractivity contribution in [3.8, 4) is 11.5 Å². The normalized spacial score (nSPS) is 20.7. The first-order valence-corrected chi connectivity index (χ1v) is 12.3. The lowest BCUT2D eigenvalue weighted by Crippen LogP contribution is -2.50. The summed E-state index contributed by atoms with van der Waals surface area (Å²) in [5, 5.41) is 3.31. The van der Waals surface area contributed by atoms with E-state index in [4.69, 9.17) is 14.2 Å². The van der Waals surface area contributed by atoms with Crippen molar-refractivity contribution >= 4 is 29.7 Å². The maximum absolute atomic E-state index is 13.7. The molecule has 2 aliphatic heterocycles. The summed E-state index contributed by atoms with van der Waals surface area (Å²) in [7, 11) is 1.57. The van der Waals surface area contributed by atoms with Gasteiger partial charge in [-0.3, -0.25) is 14.7 Å². The molecule has 4 rings (SSSR count). The van der Waals surface area contributed by atoms with Crippen molar-refractivity contribution in [2.75, 3.05) is 13.7 Å². The number of allylic oxidation sites excluding steroid dienone is 1. The molecule has 1 aromatic carbocycles. The van der Waals surface area contributed by atoms with Gasteiger partial charge in [-0.05, 0) is 63.1 Å². The lowest BCUT2D eigenvalue weighted by molar-refractivity contribution is -0.140. The Balaban J connectivity index is 1.80. The van der Waals surface area contributed by atoms with Crippen LogP contribution in [0.15, 0.2) is 58.9 Å². The molecule has 3 heterocycles. The quantitative estimate of drug-likeness (QED) is 0.450. The zero-order valence-corrected chi connectivity index (χ0v) is 21.2. The SMILES string of the molecule is CCOC(=O)C1=C(C)N[C@H]2S/C(=C\c3cccnc3)C(=O)N2[C@H]1c1ccc(OC(C)C)c(OC)c1. The molecule has 35 heavy (non-hydrogen) atoms. The second kappa shape index (κ2) is 10.4. The van der Waals surface area contributed by atoms with E-state index in [2.05, 4.69) is 10.3 Å². The standard InChI is InChI=1S/C26H29N3O5S/c1-6-33-25(31)22-16(4)28-26-29(24(30)21(35-26)12-17-8-7-11-27-14-17)23(22)18-9-10-19(34-15(2)3)20(13-18)32-5/h7-15,23,26,28H,6H2,1-5H3/b21-12-/t23-,26+/m0/s1. The molecule has 1 amide bonds. The first-order valence-electron chi connectivity index (χ1n) is 11.4. The Morgan fingerprint density at radius 1 is 1.29 bits per heavy atom. The van der Waals surface area contributed by atoms with Gasteiger partial charge in [0.2, 0.25) is 0 Å². The Kier molecular flexibility index (Phi) is 7.35. The third-order valence-corrected chi connectivity index (χ3v) is 6.69. The maximum atomic E-state index is 13.7. The predicted molar refractivity (Wildman–Crippen MR) is 134 cm³/mol. The molecule has 1 fully saturated rings. The van der Waals surface area contributed by atoms with E-state index in [1.165, 1.54) is 11.8 Å². The van der Waals surface area contributed by atoms with Gasteiger partial charge in [-0.2, -0.15) is 0 Å². The number of nitrogens with one attached hydrogen (secondary N) is 1. The van der Waals surface area contributed by atoms with E-state index < -0.39 is 12.0 Å². The molecule has 0 radical (unpaired) electrons. The van der Waals surface area contributed by atoms with Crippen LogP contribution in [-0.4, -0.2) is 47.1 Å². The van der Waals surface area contributed by atoms with Crippen molar-refractivity contribution in [1.29, 1.82) is 0 Å². The van der Waals surface area contributed by atoms with Crippen LogP contribution in [0, 0.1) is 0 Å². The summed E-state index contributed by atoms with van der Waals surface area (Å²) < 4.78 is 16.8. The van der Waals surface area contributed by atoms with Gasteiger partial charge in [0.05, 0.1) is 36.3 Å². The van der Waals surface area contributed by atoms with Gasteiger partial charge >= 0.3 is 5.97 Å². The molecule has 2 aliphatic rings. The number of fused-ring (bicyclic) bond motifs is 1. The van der Waals surface area contributed by atoms with Gasteiger partial charge in [0.1, 0.15) is 0 Å². The van der Waals surface area contributed by atoms with E-state index in [1.807, 2.05) is 57.2 Å². The number of carbonyl (C=O) groups is 2. The van der Waals surface area contributed by atoms with Crippen LogP contribution in [0.4, 0.5) is 0 Å². The molecule has 1 aromatic heterocycles. The summed E-state index contributed by atoms with van der Waals surface area (Å²) in [6.45, 7) is 7.69. The van der Waals surface area contributed by atoms with Crippen molar-refractivity contribution < 1.29 is 23.8 Å². The summed E-state index contributed by atoms with van der Waals surface area (Å²) >= 11 is 1.40. The number of aromatic nitrogens is 1. The molecule has 0 bridgehead atoms. The van der Waals surface area contributed by atoms with Gasteiger partial charge in [-0.15, -0.1) is 0 Å². The lowest BCUT2D eigenvalue weighted by Gasteiger charge is -2.39. The number of hydrogen-bond donors (Lipinski definition) is 1. The number of methoxy groups -OCH3 is 1. The van der Waals surface area contributed by atoms with E-state index in [0.29, 0.717) is 27.7 Å². The monoisotopic (exact) mass is 495 g/mol. The highest BCUT2D eigenvalue weighted by molar-refractivity contribution is 8.05. The maximum Gasteiger partial charge on any atom is 0.338 e. The highest BCUT2D eigenvalue weighted by Crippen LogP contribution is 2.47. The molecule has 0 unspecified atom stereocenters. The lowest BCUT2D eigenvalue weighted by atomic mass is 9.93. The van der Waals surface area contributed by atoms with Gasteiger partial charge in [-0.25, -0.2) is 4.79 Å². The zero-order valence-electron chi connectivity index (χ0n) is 20.4. The highest BCUT2D eigenvalue weighted by atomic mass is 32.2. The largest absolute Gasteiger partial charge is 0.493 e. The minimum absolute atomic E-state index is 0.0352.